The SMILES string of the molecule is CCOC(=O)Cc1csc(NC(=O)Cn2nc(-c3ccccn3)n(C)c2=O)n1. The number of aromatic nitrogens is 5. The molecule has 3 aromatic heterocycles. The maximum Gasteiger partial charge on any atom is 0.346 e. The lowest BCUT2D eigenvalue weighted by molar-refractivity contribution is -0.142. The third-order valence-corrected chi connectivity index (χ3v) is 4.46. The van der Waals surface area contributed by atoms with E-state index in [1.54, 1.807) is 43.7 Å². The summed E-state index contributed by atoms with van der Waals surface area (Å²) < 4.78 is 7.25. The minimum atomic E-state index is -0.454. The van der Waals surface area contributed by atoms with Crippen molar-refractivity contribution in [2.75, 3.05) is 11.9 Å². The number of amides is 1. The van der Waals surface area contributed by atoms with Gasteiger partial charge in [0.05, 0.1) is 18.7 Å². The van der Waals surface area contributed by atoms with Crippen LogP contribution < -0.4 is 11.0 Å². The van der Waals surface area contributed by atoms with E-state index in [4.69, 9.17) is 4.74 Å². The van der Waals surface area contributed by atoms with Crippen LogP contribution in [0, 0.1) is 0 Å². The van der Waals surface area contributed by atoms with Crippen LogP contribution >= 0.6 is 11.3 Å². The van der Waals surface area contributed by atoms with E-state index in [1.807, 2.05) is 0 Å². The number of pyridine rings is 1. The molecule has 0 aromatic carbocycles. The summed E-state index contributed by atoms with van der Waals surface area (Å²) >= 11 is 1.18. The zero-order chi connectivity index (χ0) is 20.1. The van der Waals surface area contributed by atoms with Crippen molar-refractivity contribution < 1.29 is 14.3 Å². The third-order valence-electron chi connectivity index (χ3n) is 3.66. The van der Waals surface area contributed by atoms with E-state index in [0.717, 1.165) is 4.68 Å². The first-order valence-electron chi connectivity index (χ1n) is 8.43. The average Bonchev–Trinajstić information content (AvgIpc) is 3.21. The molecule has 0 saturated carbocycles. The molecular formula is C17H18N6O4S. The predicted octanol–water partition coefficient (Wildman–Crippen LogP) is 0.845. The summed E-state index contributed by atoms with van der Waals surface area (Å²) in [5.41, 5.74) is 0.605. The van der Waals surface area contributed by atoms with E-state index in [2.05, 4.69) is 20.4 Å². The minimum absolute atomic E-state index is 0.0351. The molecule has 3 rings (SSSR count). The van der Waals surface area contributed by atoms with Crippen LogP contribution in [-0.2, 0) is 34.3 Å². The Morgan fingerprint density at radius 2 is 2.14 bits per heavy atom. The van der Waals surface area contributed by atoms with Gasteiger partial charge < -0.3 is 10.1 Å². The molecule has 0 saturated heterocycles. The molecule has 0 atom stereocenters. The first kappa shape index (κ1) is 19.4. The molecule has 28 heavy (non-hydrogen) atoms. The molecule has 0 aliphatic heterocycles. The van der Waals surface area contributed by atoms with E-state index >= 15 is 0 Å². The number of ether oxygens (including phenoxy) is 1. The highest BCUT2D eigenvalue weighted by Gasteiger charge is 2.16. The van der Waals surface area contributed by atoms with Gasteiger partial charge in [-0.15, -0.1) is 16.4 Å². The molecule has 0 radical (unpaired) electrons. The molecule has 3 aromatic rings. The monoisotopic (exact) mass is 402 g/mol. The molecule has 1 N–H and O–H groups in total. The summed E-state index contributed by atoms with van der Waals surface area (Å²) in [6, 6.07) is 5.28. The number of nitrogens with one attached hydrogen (secondary N) is 1. The van der Waals surface area contributed by atoms with Crippen LogP contribution in [0.4, 0.5) is 5.13 Å². The molecule has 0 aliphatic rings. The van der Waals surface area contributed by atoms with Gasteiger partial charge >= 0.3 is 11.7 Å². The third kappa shape index (κ3) is 4.49. The van der Waals surface area contributed by atoms with Crippen molar-refractivity contribution in [3.05, 3.63) is 46.0 Å². The van der Waals surface area contributed by atoms with Gasteiger partial charge in [-0.3, -0.25) is 19.1 Å². The fourth-order valence-corrected chi connectivity index (χ4v) is 3.14. The molecule has 10 nitrogen and oxygen atoms in total. The second kappa shape index (κ2) is 8.57. The second-order valence-electron chi connectivity index (χ2n) is 5.71. The Morgan fingerprint density at radius 1 is 1.32 bits per heavy atom. The Bertz CT molecular complexity index is 1040. The molecule has 0 spiro atoms. The summed E-state index contributed by atoms with van der Waals surface area (Å²) in [6.07, 6.45) is 1.63. The normalized spacial score (nSPS) is 10.6. The molecule has 146 valence electrons. The van der Waals surface area contributed by atoms with Gasteiger partial charge in [-0.1, -0.05) is 6.07 Å². The van der Waals surface area contributed by atoms with Crippen molar-refractivity contribution in [3.63, 3.8) is 0 Å². The number of hydrogen-bond acceptors (Lipinski definition) is 8. The largest absolute Gasteiger partial charge is 0.466 e. The van der Waals surface area contributed by atoms with Gasteiger partial charge in [0, 0.05) is 18.6 Å². The Kier molecular flexibility index (Phi) is 5.94. The summed E-state index contributed by atoms with van der Waals surface area (Å²) in [7, 11) is 1.57. The van der Waals surface area contributed by atoms with Gasteiger partial charge in [-0.25, -0.2) is 14.5 Å². The number of hydrogen-bond donors (Lipinski definition) is 1. The number of thiazole rings is 1. The highest BCUT2D eigenvalue weighted by Crippen LogP contribution is 2.16. The zero-order valence-electron chi connectivity index (χ0n) is 15.3. The zero-order valence-corrected chi connectivity index (χ0v) is 16.1. The lowest BCUT2D eigenvalue weighted by Gasteiger charge is -2.01. The standard InChI is InChI=1S/C17H18N6O4S/c1-3-27-14(25)8-11-10-28-16(19-11)20-13(24)9-23-17(26)22(2)15(21-23)12-6-4-5-7-18-12/h4-7,10H,3,8-9H2,1-2H3,(H,19,20,24). The highest BCUT2D eigenvalue weighted by atomic mass is 32.1. The van der Waals surface area contributed by atoms with Crippen LogP contribution in [0.5, 0.6) is 0 Å². The molecular weight excluding hydrogens is 384 g/mol. The maximum absolute atomic E-state index is 12.3. The predicted molar refractivity (Wildman–Crippen MR) is 102 cm³/mol. The minimum Gasteiger partial charge on any atom is -0.466 e. The number of carbonyl (C=O) groups is 2. The van der Waals surface area contributed by atoms with E-state index in [-0.39, 0.29) is 18.9 Å². The van der Waals surface area contributed by atoms with Gasteiger partial charge in [-0.2, -0.15) is 0 Å². The van der Waals surface area contributed by atoms with Crippen LogP contribution in [0.1, 0.15) is 12.6 Å². The van der Waals surface area contributed by atoms with Gasteiger partial charge in [0.15, 0.2) is 11.0 Å². The van der Waals surface area contributed by atoms with Gasteiger partial charge in [0.2, 0.25) is 5.91 Å². The lowest BCUT2D eigenvalue weighted by atomic mass is 10.3. The van der Waals surface area contributed by atoms with Crippen LogP contribution in [0.2, 0.25) is 0 Å². The Balaban J connectivity index is 1.67. The topological polar surface area (TPSA) is 121 Å². The molecule has 11 heteroatoms. The molecule has 1 amide bonds. The Morgan fingerprint density at radius 3 is 2.86 bits per heavy atom. The number of nitrogens with zero attached hydrogens (tertiary/aromatic N) is 5. The van der Waals surface area contributed by atoms with Crippen molar-refractivity contribution in [2.45, 2.75) is 19.9 Å². The fraction of sp³-hybridized carbons (Fsp3) is 0.294. The first-order chi connectivity index (χ1) is 13.5. The van der Waals surface area contributed by atoms with Gasteiger partial charge in [0.1, 0.15) is 12.2 Å². The van der Waals surface area contributed by atoms with Crippen molar-refractivity contribution in [1.29, 1.82) is 0 Å². The summed E-state index contributed by atoms with van der Waals surface area (Å²) in [4.78, 5) is 44.4. The Labute approximate surface area is 163 Å². The van der Waals surface area contributed by atoms with Crippen molar-refractivity contribution in [3.8, 4) is 11.5 Å². The smallest absolute Gasteiger partial charge is 0.346 e. The number of carbonyl (C=O) groups excluding carboxylic acids is 2. The molecule has 0 fully saturated rings. The van der Waals surface area contributed by atoms with E-state index in [0.29, 0.717) is 29.0 Å². The Hall–Kier alpha value is -3.34. The summed E-state index contributed by atoms with van der Waals surface area (Å²) in [5.74, 6) is -0.470. The average molecular weight is 402 g/mol. The van der Waals surface area contributed by atoms with Crippen LogP contribution in [0.3, 0.4) is 0 Å². The molecule has 3 heterocycles. The van der Waals surface area contributed by atoms with Crippen molar-refractivity contribution in [1.82, 2.24) is 24.3 Å². The van der Waals surface area contributed by atoms with Gasteiger partial charge in [-0.05, 0) is 19.1 Å². The first-order valence-corrected chi connectivity index (χ1v) is 9.31. The van der Waals surface area contributed by atoms with E-state index in [9.17, 15) is 14.4 Å². The number of esters is 1. The highest BCUT2D eigenvalue weighted by molar-refractivity contribution is 7.13. The van der Waals surface area contributed by atoms with Crippen molar-refractivity contribution >= 4 is 28.3 Å². The number of rotatable bonds is 7. The van der Waals surface area contributed by atoms with Crippen LogP contribution in [0.15, 0.2) is 34.6 Å². The number of anilines is 1. The lowest BCUT2D eigenvalue weighted by Crippen LogP contribution is -2.29. The van der Waals surface area contributed by atoms with E-state index < -0.39 is 11.6 Å². The van der Waals surface area contributed by atoms with Crippen LogP contribution in [0.25, 0.3) is 11.5 Å². The second-order valence-corrected chi connectivity index (χ2v) is 6.57. The van der Waals surface area contributed by atoms with E-state index in [1.165, 1.54) is 15.9 Å². The quantitative estimate of drug-likeness (QED) is 0.581. The van der Waals surface area contributed by atoms with Gasteiger partial charge in [0.25, 0.3) is 0 Å². The van der Waals surface area contributed by atoms with Crippen LogP contribution in [-0.4, -0.2) is 42.8 Å². The fourth-order valence-electron chi connectivity index (χ4n) is 2.41. The molecule has 0 aliphatic carbocycles. The summed E-state index contributed by atoms with van der Waals surface area (Å²) in [6.45, 7) is 1.75. The summed E-state index contributed by atoms with van der Waals surface area (Å²) in [5, 5.41) is 8.79. The molecule has 0 bridgehead atoms. The van der Waals surface area contributed by atoms with Crippen molar-refractivity contribution in [2.24, 2.45) is 7.05 Å². The maximum atomic E-state index is 12.3. The molecule has 0 unspecified atom stereocenters.